The topological polar surface area (TPSA) is 0 Å². The Kier molecular flexibility index (Phi) is 4.67. The molecule has 0 saturated heterocycles. The summed E-state index contributed by atoms with van der Waals surface area (Å²) in [6.45, 7) is 1.82. The Morgan fingerprint density at radius 3 is 2.30 bits per heavy atom. The molecule has 0 N–H and O–H groups in total. The van der Waals surface area contributed by atoms with E-state index < -0.39 is 5.21 Å². The second-order valence-corrected chi connectivity index (χ2v) is 3.18. The first-order chi connectivity index (χ1) is 4.50. The van der Waals surface area contributed by atoms with Gasteiger partial charge in [0.25, 0.3) is 0 Å². The molecule has 0 aliphatic rings. The summed E-state index contributed by atoms with van der Waals surface area (Å²) in [5, 5.41) is -0.720. The van der Waals surface area contributed by atoms with E-state index in [9.17, 15) is 0 Å². The van der Waals surface area contributed by atoms with Crippen molar-refractivity contribution >= 4 is 36.2 Å². The highest BCUT2D eigenvalue weighted by molar-refractivity contribution is 7.80. The van der Waals surface area contributed by atoms with Crippen LogP contribution in [0.2, 0.25) is 11.0 Å². The number of rotatable bonds is 4. The quantitative estimate of drug-likeness (QED) is 0.447. The summed E-state index contributed by atoms with van der Waals surface area (Å²) in [7, 11) is 16.9. The minimum atomic E-state index is -0.720. The van der Waals surface area contributed by atoms with Crippen LogP contribution in [-0.2, 0) is 0 Å². The first-order valence-corrected chi connectivity index (χ1v) is 4.08. The molecule has 0 aromatic carbocycles. The molecule has 0 amide bonds. The molecule has 0 heterocycles. The van der Waals surface area contributed by atoms with Crippen LogP contribution in [0.1, 0.15) is 19.8 Å². The zero-order valence-corrected chi connectivity index (χ0v) is 7.27. The molecule has 0 nitrogen and oxygen atoms in total. The van der Waals surface area contributed by atoms with Crippen molar-refractivity contribution in [3.8, 4) is 0 Å². The average Bonchev–Trinajstić information content (AvgIpc) is 1.84. The molecule has 0 spiro atoms. The van der Waals surface area contributed by atoms with Crippen LogP contribution in [0.25, 0.3) is 0 Å². The maximum atomic E-state index is 5.66. The molecule has 6 radical (unpaired) electrons. The van der Waals surface area contributed by atoms with Crippen LogP contribution in [-0.4, -0.2) is 29.3 Å². The van der Waals surface area contributed by atoms with Crippen molar-refractivity contribution < 1.29 is 0 Å². The molecule has 0 bridgehead atoms. The molecule has 1 atom stereocenters. The van der Waals surface area contributed by atoms with Crippen molar-refractivity contribution in [2.24, 2.45) is 0 Å². The molecule has 10 heavy (non-hydrogen) atoms. The molecular formula is C6H11B3S. The second kappa shape index (κ2) is 4.43. The summed E-state index contributed by atoms with van der Waals surface area (Å²) in [5.74, 6) is 0.649. The maximum absolute atomic E-state index is 5.66. The molecule has 0 saturated carbocycles. The third-order valence-corrected chi connectivity index (χ3v) is 1.93. The second-order valence-electron chi connectivity index (χ2n) is 2.73. The van der Waals surface area contributed by atoms with Gasteiger partial charge in [0.15, 0.2) is 0 Å². The van der Waals surface area contributed by atoms with Gasteiger partial charge in [-0.15, -0.1) is 5.21 Å². The normalized spacial score (nSPS) is 15.0. The van der Waals surface area contributed by atoms with E-state index in [0.717, 1.165) is 18.6 Å². The van der Waals surface area contributed by atoms with E-state index in [1.165, 1.54) is 0 Å². The highest BCUT2D eigenvalue weighted by Crippen LogP contribution is 2.34. The maximum Gasteiger partial charge on any atom is 0.0683 e. The Morgan fingerprint density at radius 1 is 1.50 bits per heavy atom. The van der Waals surface area contributed by atoms with Crippen LogP contribution in [0, 0.1) is 0 Å². The third kappa shape index (κ3) is 3.65. The van der Waals surface area contributed by atoms with Crippen LogP contribution < -0.4 is 0 Å². The Labute approximate surface area is 73.2 Å². The van der Waals surface area contributed by atoms with Gasteiger partial charge in [-0.05, 0) is 12.2 Å². The van der Waals surface area contributed by atoms with Gasteiger partial charge < -0.3 is 0 Å². The highest BCUT2D eigenvalue weighted by atomic mass is 32.1. The monoisotopic (exact) mass is 148 g/mol. The molecule has 0 aromatic rings. The van der Waals surface area contributed by atoms with E-state index in [0.29, 0.717) is 0 Å². The van der Waals surface area contributed by atoms with E-state index in [1.54, 1.807) is 0 Å². The van der Waals surface area contributed by atoms with E-state index in [1.807, 2.05) is 6.92 Å². The Bertz CT molecular complexity index is 93.0. The summed E-state index contributed by atoms with van der Waals surface area (Å²) in [5.41, 5.74) is 0. The van der Waals surface area contributed by atoms with Gasteiger partial charge in [0.2, 0.25) is 0 Å². The summed E-state index contributed by atoms with van der Waals surface area (Å²) in [4.78, 5) is 0. The molecule has 0 fully saturated rings. The van der Waals surface area contributed by atoms with Crippen molar-refractivity contribution in [1.29, 1.82) is 0 Å². The van der Waals surface area contributed by atoms with Gasteiger partial charge in [-0.25, -0.2) is 0 Å². The molecule has 0 aromatic heterocycles. The van der Waals surface area contributed by atoms with E-state index in [4.69, 9.17) is 23.5 Å². The lowest BCUT2D eigenvalue weighted by Crippen LogP contribution is -2.18. The fourth-order valence-corrected chi connectivity index (χ4v) is 0.771. The standard InChI is InChI=1S/C6H11B3S/c1-5(7)6(8,9)3-2-4-10/h5,10H,2-4H2,1H3. The Morgan fingerprint density at radius 2 is 2.00 bits per heavy atom. The van der Waals surface area contributed by atoms with Crippen molar-refractivity contribution in [3.63, 3.8) is 0 Å². The molecule has 4 heteroatoms. The average molecular weight is 148 g/mol. The van der Waals surface area contributed by atoms with E-state index >= 15 is 0 Å². The summed E-state index contributed by atoms with van der Waals surface area (Å²) in [6.07, 6.45) is 1.64. The summed E-state index contributed by atoms with van der Waals surface area (Å²) >= 11 is 4.05. The van der Waals surface area contributed by atoms with Crippen LogP contribution in [0.4, 0.5) is 0 Å². The summed E-state index contributed by atoms with van der Waals surface area (Å²) < 4.78 is 0. The predicted molar refractivity (Wildman–Crippen MR) is 52.5 cm³/mol. The van der Waals surface area contributed by atoms with Crippen molar-refractivity contribution in [2.75, 3.05) is 5.75 Å². The van der Waals surface area contributed by atoms with Crippen LogP contribution in [0.15, 0.2) is 0 Å². The van der Waals surface area contributed by atoms with Crippen molar-refractivity contribution in [3.05, 3.63) is 0 Å². The first-order valence-electron chi connectivity index (χ1n) is 3.45. The number of hydrogen-bond donors (Lipinski definition) is 1. The molecule has 0 aliphatic carbocycles. The molecular weight excluding hydrogens is 137 g/mol. The van der Waals surface area contributed by atoms with Crippen molar-refractivity contribution in [2.45, 2.75) is 30.8 Å². The van der Waals surface area contributed by atoms with Crippen molar-refractivity contribution in [1.82, 2.24) is 0 Å². The number of hydrogen-bond acceptors (Lipinski definition) is 1. The lowest BCUT2D eigenvalue weighted by atomic mass is 9.43. The SMILES string of the molecule is [B]C(C)C([B])([B])CCCS. The van der Waals surface area contributed by atoms with Crippen LogP contribution >= 0.6 is 12.6 Å². The smallest absolute Gasteiger partial charge is 0.0683 e. The lowest BCUT2D eigenvalue weighted by Gasteiger charge is -2.30. The van der Waals surface area contributed by atoms with Gasteiger partial charge in [0.1, 0.15) is 0 Å². The summed E-state index contributed by atoms with van der Waals surface area (Å²) in [6, 6.07) is 0. The Balaban J connectivity index is 3.63. The lowest BCUT2D eigenvalue weighted by molar-refractivity contribution is 0.646. The molecule has 0 rings (SSSR count). The fourth-order valence-electron chi connectivity index (χ4n) is 0.613. The molecule has 50 valence electrons. The Hall–Kier alpha value is 0.545. The zero-order chi connectivity index (χ0) is 8.20. The van der Waals surface area contributed by atoms with E-state index in [-0.39, 0.29) is 5.82 Å². The third-order valence-electron chi connectivity index (χ3n) is 1.62. The van der Waals surface area contributed by atoms with Gasteiger partial charge in [-0.1, -0.05) is 19.2 Å². The minimum Gasteiger partial charge on any atom is -0.179 e. The first kappa shape index (κ1) is 10.5. The van der Waals surface area contributed by atoms with Gasteiger partial charge in [-0.3, -0.25) is 0 Å². The molecule has 1 unspecified atom stereocenters. The van der Waals surface area contributed by atoms with Crippen LogP contribution in [0.3, 0.4) is 0 Å². The van der Waals surface area contributed by atoms with Gasteiger partial charge in [0.05, 0.1) is 23.5 Å². The zero-order valence-electron chi connectivity index (χ0n) is 6.38. The van der Waals surface area contributed by atoms with Crippen LogP contribution in [0.5, 0.6) is 0 Å². The number of thiol groups is 1. The predicted octanol–water partition coefficient (Wildman–Crippen LogP) is 1.13. The molecule has 0 aliphatic heterocycles. The van der Waals surface area contributed by atoms with Gasteiger partial charge >= 0.3 is 0 Å². The largest absolute Gasteiger partial charge is 0.179 e. The minimum absolute atomic E-state index is 0.160. The van der Waals surface area contributed by atoms with Gasteiger partial charge in [-0.2, -0.15) is 12.6 Å². The fraction of sp³-hybridized carbons (Fsp3) is 1.00. The van der Waals surface area contributed by atoms with Gasteiger partial charge in [0, 0.05) is 0 Å². The van der Waals surface area contributed by atoms with E-state index in [2.05, 4.69) is 12.6 Å². The highest BCUT2D eigenvalue weighted by Gasteiger charge is 2.19.